The summed E-state index contributed by atoms with van der Waals surface area (Å²) < 4.78 is 69.3. The fourth-order valence-electron chi connectivity index (χ4n) is 2.44. The zero-order chi connectivity index (χ0) is 25.4. The van der Waals surface area contributed by atoms with Crippen LogP contribution in [0.4, 0.5) is 4.39 Å². The summed E-state index contributed by atoms with van der Waals surface area (Å²) in [4.78, 5) is 26.0. The zero-order valence-corrected chi connectivity index (χ0v) is 15.4. The van der Waals surface area contributed by atoms with Crippen LogP contribution in [0.15, 0.2) is 18.2 Å². The number of hydrogen-bond donors (Lipinski definition) is 2. The van der Waals surface area contributed by atoms with Crippen molar-refractivity contribution >= 4 is 23.4 Å². The molecule has 0 spiro atoms. The van der Waals surface area contributed by atoms with E-state index in [-0.39, 0.29) is 36.8 Å². The molecule has 5 nitrogen and oxygen atoms in total. The molecule has 0 aliphatic carbocycles. The van der Waals surface area contributed by atoms with E-state index in [2.05, 4.69) is 10.6 Å². The van der Waals surface area contributed by atoms with Crippen molar-refractivity contribution in [3.8, 4) is 0 Å². The summed E-state index contributed by atoms with van der Waals surface area (Å²) >= 11 is 5.75. The van der Waals surface area contributed by atoms with Crippen LogP contribution in [0.3, 0.4) is 0 Å². The Hall–Kier alpha value is -1.66. The SMILES string of the molecule is [2H]C1([2H])CN(CC(=O)NC(C)(C)C([2H])([2H])[2H])CC([2H])([2H])C1CNC(=O)c1cc(F)cc(Cl)c1. The van der Waals surface area contributed by atoms with Crippen LogP contribution in [0.5, 0.6) is 0 Å². The summed E-state index contributed by atoms with van der Waals surface area (Å²) in [5.41, 5.74) is -1.59. The average molecular weight is 391 g/mol. The Morgan fingerprint density at radius 3 is 2.69 bits per heavy atom. The second-order valence-electron chi connectivity index (χ2n) is 6.65. The van der Waals surface area contributed by atoms with Gasteiger partial charge in [-0.3, -0.25) is 14.5 Å². The molecule has 2 amide bonds. The van der Waals surface area contributed by atoms with Gasteiger partial charge in [-0.1, -0.05) is 11.6 Å². The van der Waals surface area contributed by atoms with E-state index in [0.29, 0.717) is 0 Å². The van der Waals surface area contributed by atoms with Gasteiger partial charge in [0, 0.05) is 32.3 Å². The zero-order valence-electron chi connectivity index (χ0n) is 21.7. The van der Waals surface area contributed by atoms with E-state index >= 15 is 0 Å². The summed E-state index contributed by atoms with van der Waals surface area (Å²) in [6.45, 7) is -1.13. The number of nitrogens with zero attached hydrogens (tertiary/aromatic N) is 1. The molecule has 0 saturated carbocycles. The second kappa shape index (κ2) is 8.82. The first-order valence-corrected chi connectivity index (χ1v) is 8.49. The van der Waals surface area contributed by atoms with Gasteiger partial charge in [-0.15, -0.1) is 0 Å². The van der Waals surface area contributed by atoms with Crippen molar-refractivity contribution in [2.75, 3.05) is 26.2 Å². The number of piperidine rings is 1. The summed E-state index contributed by atoms with van der Waals surface area (Å²) in [5.74, 6) is -3.36. The monoisotopic (exact) mass is 390 g/mol. The van der Waals surface area contributed by atoms with E-state index in [1.807, 2.05) is 0 Å². The highest BCUT2D eigenvalue weighted by molar-refractivity contribution is 6.31. The van der Waals surface area contributed by atoms with Crippen LogP contribution < -0.4 is 10.6 Å². The first-order valence-electron chi connectivity index (χ1n) is 11.6. The standard InChI is InChI=1S/C19H27ClFN3O2/c1-19(2,3)23-17(25)12-24-6-4-13(5-7-24)11-22-18(26)14-8-15(20)10-16(21)9-14/h8-10,13H,4-7,11-12H2,1-3H3,(H,22,26)(H,23,25)/i1D3,4D2,5D2. The van der Waals surface area contributed by atoms with Crippen molar-refractivity contribution in [2.24, 2.45) is 5.92 Å². The number of halogens is 2. The van der Waals surface area contributed by atoms with Crippen LogP contribution >= 0.6 is 11.6 Å². The molecule has 1 aliphatic heterocycles. The van der Waals surface area contributed by atoms with Gasteiger partial charge in [0.1, 0.15) is 5.82 Å². The second-order valence-corrected chi connectivity index (χ2v) is 7.08. The highest BCUT2D eigenvalue weighted by atomic mass is 35.5. The predicted octanol–water partition coefficient (Wildman–Crippen LogP) is 2.84. The quantitative estimate of drug-likeness (QED) is 0.812. The molecule has 0 bridgehead atoms. The van der Waals surface area contributed by atoms with Crippen LogP contribution in [-0.4, -0.2) is 48.4 Å². The van der Waals surface area contributed by atoms with E-state index in [1.54, 1.807) is 0 Å². The van der Waals surface area contributed by atoms with Crippen molar-refractivity contribution in [1.29, 1.82) is 0 Å². The fraction of sp³-hybridized carbons (Fsp3) is 0.579. The third-order valence-corrected chi connectivity index (χ3v) is 3.75. The maximum atomic E-state index is 13.5. The van der Waals surface area contributed by atoms with Crippen molar-refractivity contribution in [2.45, 2.75) is 39.0 Å². The number of carbonyl (C=O) groups is 2. The van der Waals surface area contributed by atoms with E-state index in [4.69, 9.17) is 21.2 Å². The van der Waals surface area contributed by atoms with Crippen LogP contribution in [0.1, 0.15) is 53.4 Å². The van der Waals surface area contributed by atoms with E-state index < -0.39 is 48.7 Å². The lowest BCUT2D eigenvalue weighted by Gasteiger charge is -2.32. The molecule has 1 aliphatic rings. The van der Waals surface area contributed by atoms with Gasteiger partial charge in [-0.2, -0.15) is 0 Å². The van der Waals surface area contributed by atoms with Crippen LogP contribution in [-0.2, 0) is 4.79 Å². The minimum Gasteiger partial charge on any atom is -0.352 e. The number of carbonyl (C=O) groups excluding carboxylic acids is 2. The molecule has 1 aromatic carbocycles. The van der Waals surface area contributed by atoms with Crippen molar-refractivity contribution in [3.05, 3.63) is 34.6 Å². The predicted molar refractivity (Wildman–Crippen MR) is 101 cm³/mol. The molecular weight excluding hydrogens is 357 g/mol. The molecule has 7 heteroatoms. The minimum atomic E-state index is -2.46. The largest absolute Gasteiger partial charge is 0.352 e. The molecule has 1 aromatic rings. The molecule has 1 saturated heterocycles. The lowest BCUT2D eigenvalue weighted by Crippen LogP contribution is -2.48. The van der Waals surface area contributed by atoms with Crippen LogP contribution in [0.2, 0.25) is 5.02 Å². The molecule has 0 unspecified atom stereocenters. The van der Waals surface area contributed by atoms with Crippen LogP contribution in [0.25, 0.3) is 0 Å². The molecule has 0 aromatic heterocycles. The normalized spacial score (nSPS) is 24.7. The molecule has 144 valence electrons. The number of likely N-dealkylation sites (tertiary alicyclic amines) is 1. The van der Waals surface area contributed by atoms with Gasteiger partial charge in [0.05, 0.1) is 6.54 Å². The molecule has 1 heterocycles. The highest BCUT2D eigenvalue weighted by Gasteiger charge is 2.23. The number of nitrogens with one attached hydrogen (secondary N) is 2. The van der Waals surface area contributed by atoms with Gasteiger partial charge in [-0.05, 0) is 70.7 Å². The first-order chi connectivity index (χ1) is 14.8. The Morgan fingerprint density at radius 1 is 1.38 bits per heavy atom. The lowest BCUT2D eigenvalue weighted by atomic mass is 9.96. The van der Waals surface area contributed by atoms with E-state index in [0.717, 1.165) is 12.1 Å². The summed E-state index contributed by atoms with van der Waals surface area (Å²) in [6.07, 6.45) is -4.26. The molecular formula is C19H27ClFN3O2. The number of benzene rings is 1. The van der Waals surface area contributed by atoms with E-state index in [1.165, 1.54) is 24.8 Å². The Kier molecular flexibility index (Phi) is 4.30. The van der Waals surface area contributed by atoms with Gasteiger partial charge in [0.15, 0.2) is 0 Å². The lowest BCUT2D eigenvalue weighted by molar-refractivity contribution is -0.124. The molecule has 26 heavy (non-hydrogen) atoms. The maximum absolute atomic E-state index is 13.5. The number of rotatable bonds is 5. The average Bonchev–Trinajstić information content (AvgIpc) is 2.56. The van der Waals surface area contributed by atoms with Gasteiger partial charge < -0.3 is 10.6 Å². The molecule has 0 atom stereocenters. The van der Waals surface area contributed by atoms with Gasteiger partial charge in [0.25, 0.3) is 5.91 Å². The third-order valence-electron chi connectivity index (χ3n) is 3.53. The molecule has 2 rings (SSSR count). The summed E-state index contributed by atoms with van der Waals surface area (Å²) in [5, 5.41) is 4.84. The summed E-state index contributed by atoms with van der Waals surface area (Å²) in [7, 11) is 0. The molecule has 1 fully saturated rings. The summed E-state index contributed by atoms with van der Waals surface area (Å²) in [6, 6.07) is 3.23. The maximum Gasteiger partial charge on any atom is 0.251 e. The Labute approximate surface area is 169 Å². The minimum absolute atomic E-state index is 0.0130. The molecule has 0 radical (unpaired) electrons. The Balaban J connectivity index is 2.05. The molecule has 2 N–H and O–H groups in total. The van der Waals surface area contributed by atoms with Crippen molar-refractivity contribution in [1.82, 2.24) is 15.5 Å². The third kappa shape index (κ3) is 6.92. The number of amides is 2. The first kappa shape index (κ1) is 12.7. The fourth-order valence-corrected chi connectivity index (χ4v) is 2.66. The van der Waals surface area contributed by atoms with Crippen molar-refractivity contribution < 1.29 is 23.6 Å². The van der Waals surface area contributed by atoms with Gasteiger partial charge in [0.2, 0.25) is 5.91 Å². The highest BCUT2D eigenvalue weighted by Crippen LogP contribution is 2.17. The Bertz CT molecular complexity index is 874. The van der Waals surface area contributed by atoms with E-state index in [9.17, 15) is 14.0 Å². The smallest absolute Gasteiger partial charge is 0.251 e. The number of hydrogen-bond acceptors (Lipinski definition) is 3. The van der Waals surface area contributed by atoms with Gasteiger partial charge >= 0.3 is 0 Å². The van der Waals surface area contributed by atoms with Crippen molar-refractivity contribution in [3.63, 3.8) is 0 Å². The van der Waals surface area contributed by atoms with Crippen LogP contribution in [0, 0.1) is 11.7 Å². The topological polar surface area (TPSA) is 61.4 Å². The van der Waals surface area contributed by atoms with Gasteiger partial charge in [-0.25, -0.2) is 4.39 Å². The Morgan fingerprint density at radius 2 is 2.08 bits per heavy atom.